The van der Waals surface area contributed by atoms with Crippen molar-refractivity contribution in [3.63, 3.8) is 0 Å². The Bertz CT molecular complexity index is 824. The normalized spacial score (nSPS) is 18.7. The second kappa shape index (κ2) is 7.32. The maximum Gasteiger partial charge on any atom is 0.273 e. The number of fused-ring (bicyclic) bond motifs is 1. The van der Waals surface area contributed by atoms with Crippen molar-refractivity contribution < 1.29 is 18.8 Å². The fourth-order valence-corrected chi connectivity index (χ4v) is 3.52. The number of morpholine rings is 1. The number of hydrogen-bond acceptors (Lipinski definition) is 6. The van der Waals surface area contributed by atoms with Crippen LogP contribution in [0.1, 0.15) is 41.2 Å². The Morgan fingerprint density at radius 2 is 2.07 bits per heavy atom. The molecule has 0 atom stereocenters. The molecule has 2 aliphatic rings. The molecule has 2 aromatic rings. The lowest BCUT2D eigenvalue weighted by Gasteiger charge is -2.25. The average Bonchev–Trinajstić information content (AvgIpc) is 3.22. The summed E-state index contributed by atoms with van der Waals surface area (Å²) in [4.78, 5) is 14.6. The summed E-state index contributed by atoms with van der Waals surface area (Å²) in [5.41, 5.74) is 2.37. The molecule has 1 fully saturated rings. The fraction of sp³-hybridized carbons (Fsp3) is 0.500. The van der Waals surface area contributed by atoms with E-state index >= 15 is 0 Å². The molecule has 7 nitrogen and oxygen atoms in total. The van der Waals surface area contributed by atoms with Gasteiger partial charge in [-0.1, -0.05) is 17.3 Å². The molecule has 3 heterocycles. The summed E-state index contributed by atoms with van der Waals surface area (Å²) in [5.74, 6) is 1.39. The minimum atomic E-state index is -0.232. The van der Waals surface area contributed by atoms with Gasteiger partial charge in [0, 0.05) is 32.1 Å². The van der Waals surface area contributed by atoms with Gasteiger partial charge in [0.1, 0.15) is 11.4 Å². The summed E-state index contributed by atoms with van der Waals surface area (Å²) in [6.45, 7) is 8.42. The topological polar surface area (TPSA) is 76.8 Å². The zero-order valence-electron chi connectivity index (χ0n) is 15.8. The lowest BCUT2D eigenvalue weighted by Crippen LogP contribution is -2.35. The molecule has 1 saturated heterocycles. The lowest BCUT2D eigenvalue weighted by atomic mass is 10.0. The molecule has 0 spiro atoms. The van der Waals surface area contributed by atoms with Gasteiger partial charge in [-0.3, -0.25) is 9.69 Å². The van der Waals surface area contributed by atoms with Gasteiger partial charge in [0.05, 0.1) is 19.8 Å². The van der Waals surface area contributed by atoms with Gasteiger partial charge in [0.2, 0.25) is 0 Å². The number of ether oxygens (including phenoxy) is 2. The number of carbonyl (C=O) groups excluding carboxylic acids is 1. The minimum absolute atomic E-state index is 0.165. The summed E-state index contributed by atoms with van der Waals surface area (Å²) < 4.78 is 16.5. The van der Waals surface area contributed by atoms with Crippen molar-refractivity contribution in [2.75, 3.05) is 26.3 Å². The average molecular weight is 371 g/mol. The molecule has 4 rings (SSSR count). The maximum absolute atomic E-state index is 12.4. The first-order valence-electron chi connectivity index (χ1n) is 9.33. The highest BCUT2D eigenvalue weighted by Gasteiger charge is 2.29. The van der Waals surface area contributed by atoms with Crippen LogP contribution in [0.3, 0.4) is 0 Å². The molecule has 144 valence electrons. The highest BCUT2D eigenvalue weighted by molar-refractivity contribution is 5.92. The van der Waals surface area contributed by atoms with Crippen LogP contribution in [0.5, 0.6) is 5.75 Å². The van der Waals surface area contributed by atoms with E-state index in [9.17, 15) is 4.79 Å². The molecule has 0 unspecified atom stereocenters. The SMILES string of the molecule is CC1(C)Cc2cc(CNC(=O)c3cc(CN4CCOCC4)on3)ccc2O1. The van der Waals surface area contributed by atoms with E-state index in [-0.39, 0.29) is 11.5 Å². The number of benzene rings is 1. The van der Waals surface area contributed by atoms with Crippen molar-refractivity contribution in [1.29, 1.82) is 0 Å². The monoisotopic (exact) mass is 371 g/mol. The van der Waals surface area contributed by atoms with E-state index in [1.165, 1.54) is 5.56 Å². The Labute approximate surface area is 158 Å². The Balaban J connectivity index is 1.32. The number of nitrogens with zero attached hydrogens (tertiary/aromatic N) is 2. The summed E-state index contributed by atoms with van der Waals surface area (Å²) in [6, 6.07) is 7.76. The first-order valence-corrected chi connectivity index (χ1v) is 9.33. The molecule has 0 saturated carbocycles. The third-order valence-electron chi connectivity index (χ3n) is 4.86. The highest BCUT2D eigenvalue weighted by atomic mass is 16.5. The zero-order valence-corrected chi connectivity index (χ0v) is 15.8. The summed E-state index contributed by atoms with van der Waals surface area (Å²) in [5, 5.41) is 6.81. The van der Waals surface area contributed by atoms with E-state index in [4.69, 9.17) is 14.0 Å². The van der Waals surface area contributed by atoms with Gasteiger partial charge in [-0.15, -0.1) is 0 Å². The van der Waals surface area contributed by atoms with Crippen molar-refractivity contribution in [3.05, 3.63) is 46.8 Å². The van der Waals surface area contributed by atoms with Crippen molar-refractivity contribution in [3.8, 4) is 5.75 Å². The fourth-order valence-electron chi connectivity index (χ4n) is 3.52. The van der Waals surface area contributed by atoms with Gasteiger partial charge in [-0.05, 0) is 31.0 Å². The van der Waals surface area contributed by atoms with Crippen molar-refractivity contribution in [2.24, 2.45) is 0 Å². The Morgan fingerprint density at radius 1 is 1.26 bits per heavy atom. The van der Waals surface area contributed by atoms with Gasteiger partial charge >= 0.3 is 0 Å². The van der Waals surface area contributed by atoms with Gasteiger partial charge in [0.15, 0.2) is 11.5 Å². The van der Waals surface area contributed by atoms with Crippen molar-refractivity contribution >= 4 is 5.91 Å². The second-order valence-corrected chi connectivity index (χ2v) is 7.73. The quantitative estimate of drug-likeness (QED) is 0.868. The number of hydrogen-bond donors (Lipinski definition) is 1. The third-order valence-corrected chi connectivity index (χ3v) is 4.86. The third kappa shape index (κ3) is 4.31. The van der Waals surface area contributed by atoms with Crippen LogP contribution in [0.25, 0.3) is 0 Å². The number of nitrogens with one attached hydrogen (secondary N) is 1. The van der Waals surface area contributed by atoms with Gasteiger partial charge in [-0.2, -0.15) is 0 Å². The largest absolute Gasteiger partial charge is 0.487 e. The van der Waals surface area contributed by atoms with E-state index in [1.807, 2.05) is 12.1 Å². The van der Waals surface area contributed by atoms with E-state index in [2.05, 4.69) is 35.3 Å². The molecule has 2 aliphatic heterocycles. The molecular weight excluding hydrogens is 346 g/mol. The standard InChI is InChI=1S/C20H25N3O4/c1-20(2)11-15-9-14(3-4-18(15)26-20)12-21-19(24)17-10-16(27-22-17)13-23-5-7-25-8-6-23/h3-4,9-10H,5-8,11-13H2,1-2H3,(H,21,24). The number of aromatic nitrogens is 1. The Morgan fingerprint density at radius 3 is 2.89 bits per heavy atom. The van der Waals surface area contributed by atoms with Crippen molar-refractivity contribution in [1.82, 2.24) is 15.4 Å². The number of rotatable bonds is 5. The van der Waals surface area contributed by atoms with Gasteiger partial charge < -0.3 is 19.3 Å². The smallest absolute Gasteiger partial charge is 0.273 e. The molecule has 1 N–H and O–H groups in total. The Kier molecular flexibility index (Phi) is 4.88. The molecule has 27 heavy (non-hydrogen) atoms. The molecule has 0 bridgehead atoms. The predicted octanol–water partition coefficient (Wildman–Crippen LogP) is 2.15. The molecule has 0 aliphatic carbocycles. The second-order valence-electron chi connectivity index (χ2n) is 7.73. The van der Waals surface area contributed by atoms with Crippen LogP contribution in [0.15, 0.2) is 28.8 Å². The molecule has 7 heteroatoms. The highest BCUT2D eigenvalue weighted by Crippen LogP contribution is 2.35. The van der Waals surface area contributed by atoms with Crippen LogP contribution in [-0.2, 0) is 24.2 Å². The molecule has 0 radical (unpaired) electrons. The lowest BCUT2D eigenvalue weighted by molar-refractivity contribution is 0.0305. The van der Waals surface area contributed by atoms with E-state index < -0.39 is 0 Å². The van der Waals surface area contributed by atoms with Crippen LogP contribution in [0.4, 0.5) is 0 Å². The van der Waals surface area contributed by atoms with E-state index in [0.29, 0.717) is 24.5 Å². The summed E-state index contributed by atoms with van der Waals surface area (Å²) in [7, 11) is 0. The minimum Gasteiger partial charge on any atom is -0.487 e. The maximum atomic E-state index is 12.4. The molecule has 1 aromatic heterocycles. The molecule has 1 amide bonds. The molecular formula is C20H25N3O4. The van der Waals surface area contributed by atoms with Gasteiger partial charge in [-0.25, -0.2) is 0 Å². The predicted molar refractivity (Wildman–Crippen MR) is 98.6 cm³/mol. The van der Waals surface area contributed by atoms with E-state index in [0.717, 1.165) is 44.0 Å². The summed E-state index contributed by atoms with van der Waals surface area (Å²) in [6.07, 6.45) is 0.873. The first-order chi connectivity index (χ1) is 13.0. The van der Waals surface area contributed by atoms with E-state index in [1.54, 1.807) is 6.07 Å². The molecule has 1 aromatic carbocycles. The van der Waals surface area contributed by atoms with Crippen LogP contribution >= 0.6 is 0 Å². The zero-order chi connectivity index (χ0) is 18.9. The van der Waals surface area contributed by atoms with Crippen LogP contribution in [0, 0.1) is 0 Å². The van der Waals surface area contributed by atoms with Crippen LogP contribution < -0.4 is 10.1 Å². The summed E-state index contributed by atoms with van der Waals surface area (Å²) >= 11 is 0. The Hall–Kier alpha value is -2.38. The van der Waals surface area contributed by atoms with Crippen LogP contribution in [-0.4, -0.2) is 47.9 Å². The first kappa shape index (κ1) is 18.0. The van der Waals surface area contributed by atoms with Crippen LogP contribution in [0.2, 0.25) is 0 Å². The number of carbonyl (C=O) groups is 1. The van der Waals surface area contributed by atoms with Gasteiger partial charge in [0.25, 0.3) is 5.91 Å². The number of amides is 1. The van der Waals surface area contributed by atoms with Crippen molar-refractivity contribution in [2.45, 2.75) is 39.0 Å².